The Kier molecular flexibility index (Phi) is 6.70. The van der Waals surface area contributed by atoms with Gasteiger partial charge in [0.25, 0.3) is 0 Å². The highest BCUT2D eigenvalue weighted by atomic mass is 16.6. The van der Waals surface area contributed by atoms with Crippen LogP contribution in [0.2, 0.25) is 0 Å². The summed E-state index contributed by atoms with van der Waals surface area (Å²) in [5, 5.41) is 2.17. The van der Waals surface area contributed by atoms with Gasteiger partial charge in [0, 0.05) is 33.2 Å². The highest BCUT2D eigenvalue weighted by Crippen LogP contribution is 2.51. The first kappa shape index (κ1) is 28.9. The van der Waals surface area contributed by atoms with Crippen molar-refractivity contribution in [2.75, 3.05) is 0 Å². The molecule has 51 heavy (non-hydrogen) atoms. The molecule has 9 aromatic rings. The van der Waals surface area contributed by atoms with Gasteiger partial charge in [-0.2, -0.15) is 0 Å². The third-order valence-electron chi connectivity index (χ3n) is 9.30. The number of para-hydroxylation sites is 2. The molecule has 0 radical (unpaired) electrons. The monoisotopic (exact) mass is 656 g/mol. The molecule has 6 nitrogen and oxygen atoms in total. The van der Waals surface area contributed by atoms with E-state index in [-0.39, 0.29) is 0 Å². The summed E-state index contributed by atoms with van der Waals surface area (Å²) in [5.41, 5.74) is 7.93. The molecule has 0 unspecified atom stereocenters. The number of hydrogen-bond donors (Lipinski definition) is 0. The molecule has 0 saturated heterocycles. The molecular weight excluding hydrogens is 629 g/mol. The maximum absolute atomic E-state index is 6.66. The SMILES string of the molecule is c1ccc(-c2ccc3c(c2)c2ccc4c(c2n3-c2cccc(-c3nc(-c5ccccc5)nc(-c5ccccc5)n3)c2)Oc2ccccc2O4)cc1. The second-order valence-corrected chi connectivity index (χ2v) is 12.5. The largest absolute Gasteiger partial charge is 0.449 e. The lowest BCUT2D eigenvalue weighted by atomic mass is 10.0. The first-order chi connectivity index (χ1) is 25.3. The van der Waals surface area contributed by atoms with Crippen molar-refractivity contribution < 1.29 is 9.47 Å². The molecule has 0 spiro atoms. The van der Waals surface area contributed by atoms with Crippen molar-refractivity contribution in [1.82, 2.24) is 19.5 Å². The smallest absolute Gasteiger partial charge is 0.194 e. The van der Waals surface area contributed by atoms with Crippen molar-refractivity contribution in [3.63, 3.8) is 0 Å². The van der Waals surface area contributed by atoms with Crippen LogP contribution in [0.5, 0.6) is 23.0 Å². The predicted octanol–water partition coefficient (Wildman–Crippen LogP) is 11.5. The van der Waals surface area contributed by atoms with E-state index < -0.39 is 0 Å². The van der Waals surface area contributed by atoms with Crippen LogP contribution >= 0.6 is 0 Å². The molecule has 0 fully saturated rings. The van der Waals surface area contributed by atoms with Crippen LogP contribution in [0.4, 0.5) is 0 Å². The number of nitrogens with zero attached hydrogens (tertiary/aromatic N) is 4. The fraction of sp³-hybridized carbons (Fsp3) is 0. The van der Waals surface area contributed by atoms with E-state index in [1.165, 1.54) is 0 Å². The van der Waals surface area contributed by atoms with E-state index in [2.05, 4.69) is 77.4 Å². The first-order valence-corrected chi connectivity index (χ1v) is 16.9. The molecule has 0 aliphatic carbocycles. The van der Waals surface area contributed by atoms with Gasteiger partial charge in [-0.15, -0.1) is 0 Å². The van der Waals surface area contributed by atoms with Crippen LogP contribution < -0.4 is 9.47 Å². The second-order valence-electron chi connectivity index (χ2n) is 12.5. The van der Waals surface area contributed by atoms with Crippen molar-refractivity contribution in [2.24, 2.45) is 0 Å². The zero-order valence-corrected chi connectivity index (χ0v) is 27.3. The van der Waals surface area contributed by atoms with E-state index in [0.29, 0.717) is 40.5 Å². The van der Waals surface area contributed by atoms with Crippen LogP contribution in [0.25, 0.3) is 72.8 Å². The Morgan fingerprint density at radius 3 is 1.61 bits per heavy atom. The quantitative estimate of drug-likeness (QED) is 0.184. The molecule has 3 heterocycles. The molecular formula is C45H28N4O2. The van der Waals surface area contributed by atoms with Crippen molar-refractivity contribution in [3.05, 3.63) is 170 Å². The number of fused-ring (bicyclic) bond motifs is 6. The van der Waals surface area contributed by atoms with E-state index in [0.717, 1.165) is 55.3 Å². The first-order valence-electron chi connectivity index (χ1n) is 16.9. The topological polar surface area (TPSA) is 62.1 Å². The maximum Gasteiger partial charge on any atom is 0.194 e. The van der Waals surface area contributed by atoms with Crippen LogP contribution in [-0.4, -0.2) is 19.5 Å². The van der Waals surface area contributed by atoms with Crippen LogP contribution in [0.1, 0.15) is 0 Å². The van der Waals surface area contributed by atoms with E-state index >= 15 is 0 Å². The Balaban J connectivity index is 1.20. The number of rotatable bonds is 5. The molecule has 1 aliphatic rings. The summed E-state index contributed by atoms with van der Waals surface area (Å²) in [5.74, 6) is 4.54. The molecule has 0 saturated carbocycles. The Morgan fingerprint density at radius 1 is 0.373 bits per heavy atom. The normalized spacial score (nSPS) is 11.8. The highest BCUT2D eigenvalue weighted by molar-refractivity contribution is 6.13. The van der Waals surface area contributed by atoms with Gasteiger partial charge in [-0.1, -0.05) is 121 Å². The molecule has 0 amide bonds. The maximum atomic E-state index is 6.66. The van der Waals surface area contributed by atoms with Gasteiger partial charge in [0.15, 0.2) is 40.5 Å². The fourth-order valence-electron chi connectivity index (χ4n) is 6.89. The van der Waals surface area contributed by atoms with Gasteiger partial charge in [0.05, 0.1) is 5.52 Å². The number of hydrogen-bond acceptors (Lipinski definition) is 5. The summed E-state index contributed by atoms with van der Waals surface area (Å²) in [7, 11) is 0. The Morgan fingerprint density at radius 2 is 0.941 bits per heavy atom. The predicted molar refractivity (Wildman–Crippen MR) is 202 cm³/mol. The number of ether oxygens (including phenoxy) is 2. The van der Waals surface area contributed by atoms with E-state index in [9.17, 15) is 0 Å². The lowest BCUT2D eigenvalue weighted by molar-refractivity contribution is 0.362. The molecule has 10 rings (SSSR count). The molecule has 0 N–H and O–H groups in total. The summed E-state index contributed by atoms with van der Waals surface area (Å²) >= 11 is 0. The molecule has 6 heteroatoms. The average Bonchev–Trinajstić information content (AvgIpc) is 3.55. The molecule has 1 aliphatic heterocycles. The lowest BCUT2D eigenvalue weighted by Gasteiger charge is -2.22. The second kappa shape index (κ2) is 11.8. The summed E-state index contributed by atoms with van der Waals surface area (Å²) in [6, 6.07) is 57.4. The standard InChI is InChI=1S/C45H28N4O2/c1-4-13-29(14-5-1)32-23-25-37-36(28-32)35-24-26-40-42(51-39-22-11-10-21-38(39)50-40)41(35)49(37)34-20-12-19-33(27-34)45-47-43(30-15-6-2-7-16-30)46-44(48-45)31-17-8-3-9-18-31/h1-28H. The summed E-state index contributed by atoms with van der Waals surface area (Å²) in [6.45, 7) is 0. The Hall–Kier alpha value is -7.05. The molecule has 2 aromatic heterocycles. The van der Waals surface area contributed by atoms with Gasteiger partial charge in [-0.25, -0.2) is 15.0 Å². The third-order valence-corrected chi connectivity index (χ3v) is 9.30. The van der Waals surface area contributed by atoms with Gasteiger partial charge in [0.2, 0.25) is 0 Å². The van der Waals surface area contributed by atoms with Crippen molar-refractivity contribution in [3.8, 4) is 74.0 Å². The minimum absolute atomic E-state index is 0.590. The van der Waals surface area contributed by atoms with Crippen LogP contribution in [-0.2, 0) is 0 Å². The van der Waals surface area contributed by atoms with Crippen LogP contribution in [0.3, 0.4) is 0 Å². The molecule has 0 atom stereocenters. The van der Waals surface area contributed by atoms with Crippen molar-refractivity contribution in [2.45, 2.75) is 0 Å². The zero-order valence-electron chi connectivity index (χ0n) is 27.3. The number of aromatic nitrogens is 4. The lowest BCUT2D eigenvalue weighted by Crippen LogP contribution is -2.03. The Labute approximate surface area is 293 Å². The van der Waals surface area contributed by atoms with Gasteiger partial charge in [-0.05, 0) is 59.7 Å². The van der Waals surface area contributed by atoms with E-state index in [4.69, 9.17) is 24.4 Å². The third kappa shape index (κ3) is 5.01. The summed E-state index contributed by atoms with van der Waals surface area (Å²) in [6.07, 6.45) is 0. The van der Waals surface area contributed by atoms with Gasteiger partial charge in [0.1, 0.15) is 5.52 Å². The summed E-state index contributed by atoms with van der Waals surface area (Å²) in [4.78, 5) is 14.9. The Bertz CT molecular complexity index is 2690. The minimum Gasteiger partial charge on any atom is -0.449 e. The molecule has 7 aromatic carbocycles. The van der Waals surface area contributed by atoms with Crippen LogP contribution in [0.15, 0.2) is 170 Å². The van der Waals surface area contributed by atoms with E-state index in [1.54, 1.807) is 0 Å². The zero-order chi connectivity index (χ0) is 33.7. The van der Waals surface area contributed by atoms with Crippen LogP contribution in [0, 0.1) is 0 Å². The minimum atomic E-state index is 0.590. The summed E-state index contributed by atoms with van der Waals surface area (Å²) < 4.78 is 15.3. The van der Waals surface area contributed by atoms with Gasteiger partial charge >= 0.3 is 0 Å². The van der Waals surface area contributed by atoms with Crippen molar-refractivity contribution in [1.29, 1.82) is 0 Å². The van der Waals surface area contributed by atoms with E-state index in [1.807, 2.05) is 97.1 Å². The highest BCUT2D eigenvalue weighted by Gasteiger charge is 2.26. The molecule has 0 bridgehead atoms. The van der Waals surface area contributed by atoms with Gasteiger partial charge < -0.3 is 14.0 Å². The number of benzene rings is 7. The van der Waals surface area contributed by atoms with Crippen molar-refractivity contribution >= 4 is 21.8 Å². The average molecular weight is 657 g/mol. The fourth-order valence-corrected chi connectivity index (χ4v) is 6.89. The molecule has 240 valence electrons. The van der Waals surface area contributed by atoms with Gasteiger partial charge in [-0.3, -0.25) is 0 Å².